The smallest absolute Gasteiger partial charge is 0.263 e. The van der Waals surface area contributed by atoms with Crippen molar-refractivity contribution in [2.75, 3.05) is 6.54 Å². The highest BCUT2D eigenvalue weighted by Crippen LogP contribution is 2.35. The number of hydrogen-bond donors (Lipinski definition) is 0. The van der Waals surface area contributed by atoms with Gasteiger partial charge in [-0.25, -0.2) is 0 Å². The highest BCUT2D eigenvalue weighted by atomic mass is 35.5. The van der Waals surface area contributed by atoms with Gasteiger partial charge in [-0.05, 0) is 24.3 Å². The molecule has 0 radical (unpaired) electrons. The Labute approximate surface area is 124 Å². The van der Waals surface area contributed by atoms with Gasteiger partial charge in [-0.15, -0.1) is 0 Å². The Morgan fingerprint density at radius 1 is 1.45 bits per heavy atom. The lowest BCUT2D eigenvalue weighted by molar-refractivity contribution is -0.125. The summed E-state index contributed by atoms with van der Waals surface area (Å²) in [6.07, 6.45) is 1.85. The standard InChI is InChI=1S/C15H19ClN2O2/c1-9-5-12(16)11(7-17-9)14(20)18-8-10(6-13(18)19)15(2,3)4/h5,7,10H,6,8H2,1-4H3. The van der Waals surface area contributed by atoms with Gasteiger partial charge in [-0.1, -0.05) is 32.4 Å². The van der Waals surface area contributed by atoms with Crippen LogP contribution in [-0.4, -0.2) is 28.2 Å². The van der Waals surface area contributed by atoms with Crippen LogP contribution in [0.25, 0.3) is 0 Å². The van der Waals surface area contributed by atoms with Gasteiger partial charge in [0.1, 0.15) is 0 Å². The van der Waals surface area contributed by atoms with E-state index in [1.807, 2.05) is 0 Å². The van der Waals surface area contributed by atoms with Crippen molar-refractivity contribution in [1.29, 1.82) is 0 Å². The maximum absolute atomic E-state index is 12.4. The molecule has 2 amide bonds. The Morgan fingerprint density at radius 2 is 2.10 bits per heavy atom. The average molecular weight is 295 g/mol. The van der Waals surface area contributed by atoms with E-state index < -0.39 is 0 Å². The molecule has 0 N–H and O–H groups in total. The number of carbonyl (C=O) groups excluding carboxylic acids is 2. The van der Waals surface area contributed by atoms with E-state index in [-0.39, 0.29) is 23.1 Å². The molecule has 1 aromatic rings. The van der Waals surface area contributed by atoms with Crippen molar-refractivity contribution in [3.05, 3.63) is 28.5 Å². The quantitative estimate of drug-likeness (QED) is 0.748. The molecule has 1 atom stereocenters. The van der Waals surface area contributed by atoms with Gasteiger partial charge in [0.2, 0.25) is 5.91 Å². The van der Waals surface area contributed by atoms with Gasteiger partial charge in [-0.2, -0.15) is 0 Å². The van der Waals surface area contributed by atoms with E-state index in [0.717, 1.165) is 5.69 Å². The average Bonchev–Trinajstić information content (AvgIpc) is 2.70. The van der Waals surface area contributed by atoms with Crippen molar-refractivity contribution in [3.8, 4) is 0 Å². The normalized spacial score (nSPS) is 19.6. The first-order chi connectivity index (χ1) is 9.20. The number of rotatable bonds is 1. The van der Waals surface area contributed by atoms with Gasteiger partial charge in [-0.3, -0.25) is 19.5 Å². The third-order valence-electron chi connectivity index (χ3n) is 3.82. The Kier molecular flexibility index (Phi) is 3.87. The van der Waals surface area contributed by atoms with Crippen LogP contribution in [-0.2, 0) is 4.79 Å². The molecule has 1 fully saturated rings. The van der Waals surface area contributed by atoms with Gasteiger partial charge in [0.25, 0.3) is 5.91 Å². The zero-order valence-electron chi connectivity index (χ0n) is 12.2. The number of aromatic nitrogens is 1. The van der Waals surface area contributed by atoms with Crippen LogP contribution in [0.5, 0.6) is 0 Å². The van der Waals surface area contributed by atoms with Crippen molar-refractivity contribution in [2.45, 2.75) is 34.1 Å². The molecule has 0 spiro atoms. The van der Waals surface area contributed by atoms with E-state index in [1.165, 1.54) is 11.1 Å². The third-order valence-corrected chi connectivity index (χ3v) is 4.13. The fourth-order valence-electron chi connectivity index (χ4n) is 2.31. The minimum atomic E-state index is -0.348. The summed E-state index contributed by atoms with van der Waals surface area (Å²) in [5.74, 6) is -0.304. The van der Waals surface area contributed by atoms with Gasteiger partial charge in [0.15, 0.2) is 0 Å². The van der Waals surface area contributed by atoms with Gasteiger partial charge >= 0.3 is 0 Å². The van der Waals surface area contributed by atoms with Crippen molar-refractivity contribution < 1.29 is 9.59 Å². The number of halogens is 1. The Balaban J connectivity index is 2.24. The van der Waals surface area contributed by atoms with Crippen molar-refractivity contribution >= 4 is 23.4 Å². The van der Waals surface area contributed by atoms with Gasteiger partial charge < -0.3 is 0 Å². The Hall–Kier alpha value is -1.42. The molecule has 108 valence electrons. The van der Waals surface area contributed by atoms with E-state index in [0.29, 0.717) is 23.6 Å². The third kappa shape index (κ3) is 2.85. The summed E-state index contributed by atoms with van der Waals surface area (Å²) in [7, 11) is 0. The lowest BCUT2D eigenvalue weighted by Crippen LogP contribution is -2.34. The molecule has 0 saturated carbocycles. The van der Waals surface area contributed by atoms with Crippen LogP contribution in [0.15, 0.2) is 12.3 Å². The second kappa shape index (κ2) is 5.17. The molecule has 1 aromatic heterocycles. The van der Waals surface area contributed by atoms with Crippen LogP contribution in [0.3, 0.4) is 0 Å². The molecule has 1 unspecified atom stereocenters. The number of imide groups is 1. The van der Waals surface area contributed by atoms with Crippen molar-refractivity contribution in [1.82, 2.24) is 9.88 Å². The van der Waals surface area contributed by atoms with E-state index in [2.05, 4.69) is 25.8 Å². The molecule has 0 bridgehead atoms. The Morgan fingerprint density at radius 3 is 2.60 bits per heavy atom. The zero-order chi connectivity index (χ0) is 15.1. The molecule has 0 aromatic carbocycles. The van der Waals surface area contributed by atoms with E-state index in [9.17, 15) is 9.59 Å². The van der Waals surface area contributed by atoms with Crippen LogP contribution in [0.2, 0.25) is 5.02 Å². The lowest BCUT2D eigenvalue weighted by atomic mass is 9.80. The van der Waals surface area contributed by atoms with E-state index in [4.69, 9.17) is 11.6 Å². The summed E-state index contributed by atoms with van der Waals surface area (Å²) in [4.78, 5) is 29.9. The molecule has 20 heavy (non-hydrogen) atoms. The largest absolute Gasteiger partial charge is 0.278 e. The minimum Gasteiger partial charge on any atom is -0.278 e. The van der Waals surface area contributed by atoms with Crippen LogP contribution < -0.4 is 0 Å². The first kappa shape index (κ1) is 15.0. The fourth-order valence-corrected chi connectivity index (χ4v) is 2.60. The number of pyridine rings is 1. The SMILES string of the molecule is Cc1cc(Cl)c(C(=O)N2CC(C(C)(C)C)CC2=O)cn1. The number of nitrogens with zero attached hydrogens (tertiary/aromatic N) is 2. The van der Waals surface area contributed by atoms with Gasteiger partial charge in [0.05, 0.1) is 10.6 Å². The monoisotopic (exact) mass is 294 g/mol. The molecular weight excluding hydrogens is 276 g/mol. The highest BCUT2D eigenvalue weighted by molar-refractivity contribution is 6.34. The van der Waals surface area contributed by atoms with Crippen molar-refractivity contribution in [2.24, 2.45) is 11.3 Å². The van der Waals surface area contributed by atoms with Crippen LogP contribution >= 0.6 is 11.6 Å². The number of hydrogen-bond acceptors (Lipinski definition) is 3. The lowest BCUT2D eigenvalue weighted by Gasteiger charge is -2.26. The minimum absolute atomic E-state index is 0.0000106. The second-order valence-corrected chi connectivity index (χ2v) is 6.79. The predicted molar refractivity (Wildman–Crippen MR) is 77.6 cm³/mol. The zero-order valence-corrected chi connectivity index (χ0v) is 13.0. The predicted octanol–water partition coefficient (Wildman–Crippen LogP) is 3.08. The number of aryl methyl sites for hydroxylation is 1. The summed E-state index contributed by atoms with van der Waals surface area (Å²) in [5.41, 5.74) is 1.03. The summed E-state index contributed by atoms with van der Waals surface area (Å²) in [6, 6.07) is 1.64. The molecule has 0 aliphatic carbocycles. The summed E-state index contributed by atoms with van der Waals surface area (Å²) in [6.45, 7) is 8.50. The first-order valence-electron chi connectivity index (χ1n) is 6.67. The molecule has 2 rings (SSSR count). The van der Waals surface area contributed by atoms with Crippen LogP contribution in [0, 0.1) is 18.3 Å². The van der Waals surface area contributed by atoms with Gasteiger partial charge in [0, 0.05) is 24.9 Å². The van der Waals surface area contributed by atoms with Crippen molar-refractivity contribution in [3.63, 3.8) is 0 Å². The maximum Gasteiger partial charge on any atom is 0.263 e. The molecule has 1 saturated heterocycles. The first-order valence-corrected chi connectivity index (χ1v) is 7.05. The summed E-state index contributed by atoms with van der Waals surface area (Å²) >= 11 is 6.08. The topological polar surface area (TPSA) is 50.3 Å². The maximum atomic E-state index is 12.4. The second-order valence-electron chi connectivity index (χ2n) is 6.38. The molecule has 2 heterocycles. The van der Waals surface area contributed by atoms with E-state index >= 15 is 0 Å². The van der Waals surface area contributed by atoms with Crippen LogP contribution in [0.4, 0.5) is 0 Å². The van der Waals surface area contributed by atoms with Crippen LogP contribution in [0.1, 0.15) is 43.2 Å². The Bertz CT molecular complexity index is 563. The number of amides is 2. The molecule has 1 aliphatic heterocycles. The molecule has 5 heteroatoms. The summed E-state index contributed by atoms with van der Waals surface area (Å²) in [5, 5.41) is 0.342. The number of likely N-dealkylation sites (tertiary alicyclic amines) is 1. The summed E-state index contributed by atoms with van der Waals surface area (Å²) < 4.78 is 0. The van der Waals surface area contributed by atoms with E-state index in [1.54, 1.807) is 13.0 Å². The molecule has 1 aliphatic rings. The highest BCUT2D eigenvalue weighted by Gasteiger charge is 2.40. The fraction of sp³-hybridized carbons (Fsp3) is 0.533. The molecular formula is C15H19ClN2O2. The number of carbonyl (C=O) groups is 2. The molecule has 4 nitrogen and oxygen atoms in total.